The fraction of sp³-hybridized carbons (Fsp3) is 0.214. The van der Waals surface area contributed by atoms with Gasteiger partial charge in [0.25, 0.3) is 0 Å². The van der Waals surface area contributed by atoms with Crippen LogP contribution in [0.4, 0.5) is 11.5 Å². The van der Waals surface area contributed by atoms with E-state index in [0.717, 1.165) is 24.4 Å². The third-order valence-electron chi connectivity index (χ3n) is 2.74. The molecular formula is C14H17N3O. The first-order valence-corrected chi connectivity index (χ1v) is 5.87. The number of anilines is 2. The van der Waals surface area contributed by atoms with Crippen LogP contribution in [0.15, 0.2) is 42.6 Å². The van der Waals surface area contributed by atoms with Gasteiger partial charge >= 0.3 is 0 Å². The SMILES string of the molecule is COc1ccccc1CCNc1cccnc1N. The number of methoxy groups -OCH3 is 1. The van der Waals surface area contributed by atoms with Crippen molar-refractivity contribution < 1.29 is 4.74 Å². The highest BCUT2D eigenvalue weighted by Crippen LogP contribution is 2.18. The fourth-order valence-electron chi connectivity index (χ4n) is 1.81. The molecule has 2 rings (SSSR count). The van der Waals surface area contributed by atoms with Crippen molar-refractivity contribution in [3.05, 3.63) is 48.2 Å². The van der Waals surface area contributed by atoms with E-state index < -0.39 is 0 Å². The van der Waals surface area contributed by atoms with Gasteiger partial charge in [-0.25, -0.2) is 4.98 Å². The third-order valence-corrected chi connectivity index (χ3v) is 2.74. The number of hydrogen-bond acceptors (Lipinski definition) is 4. The maximum atomic E-state index is 5.76. The third kappa shape index (κ3) is 2.91. The number of nitrogens with two attached hydrogens (primary N) is 1. The summed E-state index contributed by atoms with van der Waals surface area (Å²) in [7, 11) is 1.69. The molecule has 0 unspecified atom stereocenters. The second-order valence-corrected chi connectivity index (χ2v) is 3.92. The zero-order valence-electron chi connectivity index (χ0n) is 10.4. The topological polar surface area (TPSA) is 60.2 Å². The molecule has 0 saturated carbocycles. The first kappa shape index (κ1) is 12.2. The van der Waals surface area contributed by atoms with Crippen LogP contribution < -0.4 is 15.8 Å². The molecular weight excluding hydrogens is 226 g/mol. The number of nitrogen functional groups attached to an aromatic ring is 1. The first-order valence-electron chi connectivity index (χ1n) is 5.87. The Morgan fingerprint density at radius 3 is 2.83 bits per heavy atom. The molecule has 3 N–H and O–H groups in total. The van der Waals surface area contributed by atoms with Crippen LogP contribution in [-0.2, 0) is 6.42 Å². The van der Waals surface area contributed by atoms with E-state index in [1.807, 2.05) is 30.3 Å². The van der Waals surface area contributed by atoms with Crippen LogP contribution >= 0.6 is 0 Å². The first-order chi connectivity index (χ1) is 8.81. The number of pyridine rings is 1. The lowest BCUT2D eigenvalue weighted by Crippen LogP contribution is -2.08. The molecule has 0 radical (unpaired) electrons. The zero-order valence-corrected chi connectivity index (χ0v) is 10.4. The molecule has 0 aliphatic rings. The Balaban J connectivity index is 1.95. The molecule has 0 fully saturated rings. The molecule has 0 aliphatic carbocycles. The summed E-state index contributed by atoms with van der Waals surface area (Å²) in [5.74, 6) is 1.44. The standard InChI is InChI=1S/C14H17N3O/c1-18-13-7-3-2-5-11(13)8-10-16-12-6-4-9-17-14(12)15/h2-7,9,16H,8,10H2,1H3,(H2,15,17). The average molecular weight is 243 g/mol. The lowest BCUT2D eigenvalue weighted by atomic mass is 10.1. The van der Waals surface area contributed by atoms with Crippen LogP contribution in [0.25, 0.3) is 0 Å². The van der Waals surface area contributed by atoms with E-state index in [9.17, 15) is 0 Å². The normalized spacial score (nSPS) is 10.1. The van der Waals surface area contributed by atoms with Crippen molar-refractivity contribution >= 4 is 11.5 Å². The van der Waals surface area contributed by atoms with E-state index in [4.69, 9.17) is 10.5 Å². The highest BCUT2D eigenvalue weighted by molar-refractivity contribution is 5.60. The van der Waals surface area contributed by atoms with E-state index in [0.29, 0.717) is 5.82 Å². The van der Waals surface area contributed by atoms with Crippen LogP contribution in [0.1, 0.15) is 5.56 Å². The summed E-state index contributed by atoms with van der Waals surface area (Å²) >= 11 is 0. The van der Waals surface area contributed by atoms with Gasteiger partial charge in [0.05, 0.1) is 12.8 Å². The number of benzene rings is 1. The molecule has 4 heteroatoms. The van der Waals surface area contributed by atoms with Crippen molar-refractivity contribution in [3.63, 3.8) is 0 Å². The summed E-state index contributed by atoms with van der Waals surface area (Å²) in [6.07, 6.45) is 2.55. The molecule has 2 aromatic rings. The Kier molecular flexibility index (Phi) is 4.02. The number of aromatic nitrogens is 1. The highest BCUT2D eigenvalue weighted by atomic mass is 16.5. The van der Waals surface area contributed by atoms with Gasteiger partial charge in [0.2, 0.25) is 0 Å². The molecule has 18 heavy (non-hydrogen) atoms. The Labute approximate surface area is 107 Å². The van der Waals surface area contributed by atoms with E-state index >= 15 is 0 Å². The summed E-state index contributed by atoms with van der Waals surface area (Å²) in [4.78, 5) is 4.03. The second kappa shape index (κ2) is 5.91. The molecule has 94 valence electrons. The van der Waals surface area contributed by atoms with Gasteiger partial charge in [0, 0.05) is 12.7 Å². The minimum Gasteiger partial charge on any atom is -0.496 e. The summed E-state index contributed by atoms with van der Waals surface area (Å²) < 4.78 is 5.31. The average Bonchev–Trinajstić information content (AvgIpc) is 2.41. The van der Waals surface area contributed by atoms with Gasteiger partial charge in [-0.2, -0.15) is 0 Å². The smallest absolute Gasteiger partial charge is 0.146 e. The monoisotopic (exact) mass is 243 g/mol. The summed E-state index contributed by atoms with van der Waals surface area (Å²) in [6, 6.07) is 11.8. The van der Waals surface area contributed by atoms with Crippen molar-refractivity contribution in [3.8, 4) is 5.75 Å². The predicted molar refractivity (Wildman–Crippen MR) is 73.8 cm³/mol. The summed E-state index contributed by atoms with van der Waals surface area (Å²) in [5, 5.41) is 3.27. The van der Waals surface area contributed by atoms with Gasteiger partial charge < -0.3 is 15.8 Å². The summed E-state index contributed by atoms with van der Waals surface area (Å²) in [6.45, 7) is 0.788. The quantitative estimate of drug-likeness (QED) is 0.846. The van der Waals surface area contributed by atoms with Crippen LogP contribution in [0, 0.1) is 0 Å². The molecule has 1 aromatic carbocycles. The van der Waals surface area contributed by atoms with E-state index in [2.05, 4.69) is 16.4 Å². The second-order valence-electron chi connectivity index (χ2n) is 3.92. The van der Waals surface area contributed by atoms with Crippen molar-refractivity contribution in [1.82, 2.24) is 4.98 Å². The molecule has 0 atom stereocenters. The molecule has 0 amide bonds. The van der Waals surface area contributed by atoms with Crippen LogP contribution in [0.5, 0.6) is 5.75 Å². The van der Waals surface area contributed by atoms with Gasteiger partial charge in [-0.3, -0.25) is 0 Å². The zero-order chi connectivity index (χ0) is 12.8. The molecule has 4 nitrogen and oxygen atoms in total. The van der Waals surface area contributed by atoms with Crippen molar-refractivity contribution in [2.75, 3.05) is 24.7 Å². The molecule has 0 spiro atoms. The van der Waals surface area contributed by atoms with E-state index in [1.165, 1.54) is 5.56 Å². The number of nitrogens with zero attached hydrogens (tertiary/aromatic N) is 1. The van der Waals surface area contributed by atoms with Gasteiger partial charge in [0.1, 0.15) is 11.6 Å². The van der Waals surface area contributed by atoms with E-state index in [-0.39, 0.29) is 0 Å². The maximum Gasteiger partial charge on any atom is 0.146 e. The minimum atomic E-state index is 0.525. The maximum absolute atomic E-state index is 5.76. The van der Waals surface area contributed by atoms with Gasteiger partial charge in [-0.1, -0.05) is 18.2 Å². The molecule has 1 heterocycles. The molecule has 0 bridgehead atoms. The van der Waals surface area contributed by atoms with Crippen LogP contribution in [-0.4, -0.2) is 18.6 Å². The fourth-order valence-corrected chi connectivity index (χ4v) is 1.81. The van der Waals surface area contributed by atoms with Gasteiger partial charge in [0.15, 0.2) is 0 Å². The van der Waals surface area contributed by atoms with Crippen molar-refractivity contribution in [1.29, 1.82) is 0 Å². The predicted octanol–water partition coefficient (Wildman–Crippen LogP) is 2.33. The molecule has 0 saturated heterocycles. The minimum absolute atomic E-state index is 0.525. The van der Waals surface area contributed by atoms with Crippen molar-refractivity contribution in [2.45, 2.75) is 6.42 Å². The molecule has 0 aliphatic heterocycles. The van der Waals surface area contributed by atoms with Crippen LogP contribution in [0.3, 0.4) is 0 Å². The Morgan fingerprint density at radius 2 is 2.06 bits per heavy atom. The number of rotatable bonds is 5. The lowest BCUT2D eigenvalue weighted by Gasteiger charge is -2.10. The van der Waals surface area contributed by atoms with E-state index in [1.54, 1.807) is 13.3 Å². The summed E-state index contributed by atoms with van der Waals surface area (Å²) in [5.41, 5.74) is 7.80. The van der Waals surface area contributed by atoms with Crippen molar-refractivity contribution in [2.24, 2.45) is 0 Å². The number of nitrogens with one attached hydrogen (secondary N) is 1. The Bertz CT molecular complexity index is 514. The number of para-hydroxylation sites is 1. The Hall–Kier alpha value is -2.23. The lowest BCUT2D eigenvalue weighted by molar-refractivity contribution is 0.410. The van der Waals surface area contributed by atoms with Gasteiger partial charge in [-0.15, -0.1) is 0 Å². The largest absolute Gasteiger partial charge is 0.496 e. The Morgan fingerprint density at radius 1 is 1.22 bits per heavy atom. The molecule has 1 aromatic heterocycles. The van der Waals surface area contributed by atoms with Gasteiger partial charge in [-0.05, 0) is 30.2 Å². The number of ether oxygens (including phenoxy) is 1. The van der Waals surface area contributed by atoms with Crippen LogP contribution in [0.2, 0.25) is 0 Å². The number of hydrogen-bond donors (Lipinski definition) is 2. The highest BCUT2D eigenvalue weighted by Gasteiger charge is 2.02.